The van der Waals surface area contributed by atoms with E-state index < -0.39 is 22.0 Å². The monoisotopic (exact) mass is 442 g/mol. The van der Waals surface area contributed by atoms with Gasteiger partial charge in [-0.1, -0.05) is 35.9 Å². The zero-order valence-electron chi connectivity index (χ0n) is 15.4. The molecule has 0 unspecified atom stereocenters. The van der Waals surface area contributed by atoms with Crippen molar-refractivity contribution in [3.63, 3.8) is 0 Å². The van der Waals surface area contributed by atoms with Crippen molar-refractivity contribution in [2.45, 2.75) is 13.0 Å². The number of nitrogens with zero attached hydrogens (tertiary/aromatic N) is 1. The molecule has 1 atom stereocenters. The van der Waals surface area contributed by atoms with Crippen molar-refractivity contribution in [2.24, 2.45) is 0 Å². The van der Waals surface area contributed by atoms with Gasteiger partial charge in [0.2, 0.25) is 15.9 Å². The van der Waals surface area contributed by atoms with Crippen molar-refractivity contribution in [2.75, 3.05) is 22.5 Å². The first-order chi connectivity index (χ1) is 13.1. The number of nitrogens with one attached hydrogen (secondary N) is 1. The van der Waals surface area contributed by atoms with E-state index in [0.29, 0.717) is 18.0 Å². The van der Waals surface area contributed by atoms with E-state index in [1.807, 2.05) is 0 Å². The van der Waals surface area contributed by atoms with Gasteiger partial charge in [0, 0.05) is 15.7 Å². The predicted molar refractivity (Wildman–Crippen MR) is 114 cm³/mol. The lowest BCUT2D eigenvalue weighted by Gasteiger charge is -2.28. The quantitative estimate of drug-likeness (QED) is 0.616. The summed E-state index contributed by atoms with van der Waals surface area (Å²) in [4.78, 5) is 12.7. The Bertz CT molecular complexity index is 942. The van der Waals surface area contributed by atoms with Crippen LogP contribution >= 0.6 is 23.2 Å². The van der Waals surface area contributed by atoms with Gasteiger partial charge < -0.3 is 10.1 Å². The van der Waals surface area contributed by atoms with Crippen LogP contribution in [0.1, 0.15) is 6.92 Å². The first-order valence-corrected chi connectivity index (χ1v) is 10.8. The third-order valence-electron chi connectivity index (χ3n) is 3.68. The molecule has 0 aliphatic rings. The molecule has 0 aliphatic carbocycles. The van der Waals surface area contributed by atoms with Crippen LogP contribution in [0.4, 0.5) is 11.4 Å². The molecule has 0 bridgehead atoms. The molecule has 9 heteroatoms. The van der Waals surface area contributed by atoms with Crippen LogP contribution in [0, 0.1) is 0 Å². The lowest BCUT2D eigenvalue weighted by Crippen LogP contribution is -2.45. The van der Waals surface area contributed by atoms with E-state index in [1.165, 1.54) is 25.1 Å². The number of halogens is 2. The highest BCUT2D eigenvalue weighted by Crippen LogP contribution is 2.29. The topological polar surface area (TPSA) is 75.7 Å². The van der Waals surface area contributed by atoms with Gasteiger partial charge in [-0.2, -0.15) is 0 Å². The van der Waals surface area contributed by atoms with Crippen LogP contribution in [0.5, 0.6) is 5.75 Å². The third-order valence-corrected chi connectivity index (χ3v) is 5.36. The van der Waals surface area contributed by atoms with Crippen LogP contribution in [-0.4, -0.2) is 33.2 Å². The van der Waals surface area contributed by atoms with Gasteiger partial charge in [0.05, 0.1) is 11.9 Å². The van der Waals surface area contributed by atoms with E-state index in [1.54, 1.807) is 30.3 Å². The van der Waals surface area contributed by atoms with Crippen molar-refractivity contribution >= 4 is 50.5 Å². The van der Waals surface area contributed by atoms with Crippen molar-refractivity contribution in [3.05, 3.63) is 65.2 Å². The van der Waals surface area contributed by atoms with E-state index in [2.05, 4.69) is 11.9 Å². The minimum atomic E-state index is -3.78. The second-order valence-corrected chi connectivity index (χ2v) is 8.71. The van der Waals surface area contributed by atoms with Gasteiger partial charge in [-0.05, 0) is 49.4 Å². The fraction of sp³-hybridized carbons (Fsp3) is 0.211. The zero-order chi connectivity index (χ0) is 20.9. The number of sulfonamides is 1. The summed E-state index contributed by atoms with van der Waals surface area (Å²) in [6.07, 6.45) is 2.64. The Hall–Kier alpha value is -2.22. The minimum Gasteiger partial charge on any atom is -0.490 e. The zero-order valence-corrected chi connectivity index (χ0v) is 17.7. The molecule has 28 heavy (non-hydrogen) atoms. The van der Waals surface area contributed by atoms with Crippen LogP contribution in [0.25, 0.3) is 0 Å². The van der Waals surface area contributed by atoms with Gasteiger partial charge in [0.15, 0.2) is 0 Å². The van der Waals surface area contributed by atoms with Gasteiger partial charge in [0.1, 0.15) is 18.4 Å². The molecule has 6 nitrogen and oxygen atoms in total. The number of ether oxygens (including phenoxy) is 1. The Labute approximate surface area is 174 Å². The molecular formula is C19H20Cl2N2O4S. The Balaban J connectivity index is 2.23. The van der Waals surface area contributed by atoms with Crippen LogP contribution in [0.3, 0.4) is 0 Å². The second kappa shape index (κ2) is 9.32. The molecule has 2 aromatic carbocycles. The highest BCUT2D eigenvalue weighted by molar-refractivity contribution is 7.92. The van der Waals surface area contributed by atoms with Gasteiger partial charge in [0.25, 0.3) is 0 Å². The Morgan fingerprint density at radius 1 is 1.21 bits per heavy atom. The number of hydrogen-bond acceptors (Lipinski definition) is 4. The Morgan fingerprint density at radius 2 is 1.79 bits per heavy atom. The molecule has 1 amide bonds. The molecule has 0 spiro atoms. The summed E-state index contributed by atoms with van der Waals surface area (Å²) in [6, 6.07) is 10.0. The summed E-state index contributed by atoms with van der Waals surface area (Å²) >= 11 is 12.0. The maximum atomic E-state index is 12.7. The van der Waals surface area contributed by atoms with Crippen molar-refractivity contribution < 1.29 is 17.9 Å². The number of carbonyl (C=O) groups excluding carboxylic acids is 1. The molecule has 0 heterocycles. The van der Waals surface area contributed by atoms with Gasteiger partial charge in [-0.15, -0.1) is 0 Å². The molecule has 0 radical (unpaired) electrons. The number of rotatable bonds is 8. The van der Waals surface area contributed by atoms with Crippen LogP contribution < -0.4 is 14.4 Å². The summed E-state index contributed by atoms with van der Waals surface area (Å²) in [7, 11) is -3.78. The fourth-order valence-electron chi connectivity index (χ4n) is 2.51. The van der Waals surface area contributed by atoms with Crippen LogP contribution in [0.2, 0.25) is 10.0 Å². The predicted octanol–water partition coefficient (Wildman–Crippen LogP) is 4.35. The maximum absolute atomic E-state index is 12.7. The smallest absolute Gasteiger partial charge is 0.247 e. The molecule has 2 rings (SSSR count). The number of carbonyl (C=O) groups is 1. The van der Waals surface area contributed by atoms with Crippen molar-refractivity contribution in [3.8, 4) is 5.75 Å². The highest BCUT2D eigenvalue weighted by Gasteiger charge is 2.29. The van der Waals surface area contributed by atoms with Crippen LogP contribution in [-0.2, 0) is 14.8 Å². The molecule has 150 valence electrons. The second-order valence-electron chi connectivity index (χ2n) is 5.98. The molecular weight excluding hydrogens is 423 g/mol. The third kappa shape index (κ3) is 5.89. The Morgan fingerprint density at radius 3 is 2.29 bits per heavy atom. The molecule has 0 fully saturated rings. The van der Waals surface area contributed by atoms with Gasteiger partial charge in [-0.3, -0.25) is 9.10 Å². The summed E-state index contributed by atoms with van der Waals surface area (Å²) in [5.41, 5.74) is 0.705. The molecule has 0 aromatic heterocycles. The lowest BCUT2D eigenvalue weighted by atomic mass is 10.2. The summed E-state index contributed by atoms with van der Waals surface area (Å²) < 4.78 is 31.0. The van der Waals surface area contributed by atoms with Gasteiger partial charge >= 0.3 is 0 Å². The van der Waals surface area contributed by atoms with Gasteiger partial charge in [-0.25, -0.2) is 8.42 Å². The average Bonchev–Trinajstić information content (AvgIpc) is 2.59. The number of anilines is 2. The first kappa shape index (κ1) is 22.1. The van der Waals surface area contributed by atoms with E-state index >= 15 is 0 Å². The molecule has 2 aromatic rings. The van der Waals surface area contributed by atoms with E-state index in [4.69, 9.17) is 27.9 Å². The maximum Gasteiger partial charge on any atom is 0.247 e. The Kier molecular flexibility index (Phi) is 7.35. The average molecular weight is 443 g/mol. The minimum absolute atomic E-state index is 0.204. The van der Waals surface area contributed by atoms with Crippen LogP contribution in [0.15, 0.2) is 55.1 Å². The molecule has 0 aliphatic heterocycles. The molecule has 0 saturated carbocycles. The first-order valence-electron chi connectivity index (χ1n) is 8.22. The van der Waals surface area contributed by atoms with E-state index in [-0.39, 0.29) is 15.7 Å². The van der Waals surface area contributed by atoms with Crippen molar-refractivity contribution in [1.29, 1.82) is 0 Å². The number of benzene rings is 2. The SMILES string of the molecule is C=CCOc1ccc(NC(=O)[C@@H](C)N(c2cc(Cl)cc(Cl)c2)S(C)(=O)=O)cc1. The lowest BCUT2D eigenvalue weighted by molar-refractivity contribution is -0.116. The normalized spacial score (nSPS) is 12.1. The standard InChI is InChI=1S/C19H20Cl2N2O4S/c1-4-9-27-18-7-5-16(6-8-18)22-19(24)13(2)23(28(3,25)26)17-11-14(20)10-15(21)12-17/h4-8,10-13H,1,9H2,2-3H3,(H,22,24)/t13-/m1/s1. The summed E-state index contributed by atoms with van der Waals surface area (Å²) in [5, 5.41) is 3.22. The van der Waals surface area contributed by atoms with E-state index in [0.717, 1.165) is 10.6 Å². The summed E-state index contributed by atoms with van der Waals surface area (Å²) in [5.74, 6) is 0.110. The molecule has 1 N–H and O–H groups in total. The number of hydrogen-bond donors (Lipinski definition) is 1. The largest absolute Gasteiger partial charge is 0.490 e. The fourth-order valence-corrected chi connectivity index (χ4v) is 4.18. The molecule has 0 saturated heterocycles. The number of amides is 1. The van der Waals surface area contributed by atoms with E-state index in [9.17, 15) is 13.2 Å². The summed E-state index contributed by atoms with van der Waals surface area (Å²) in [6.45, 7) is 5.42. The van der Waals surface area contributed by atoms with Crippen molar-refractivity contribution in [1.82, 2.24) is 0 Å². The highest BCUT2D eigenvalue weighted by atomic mass is 35.5.